The highest BCUT2D eigenvalue weighted by Gasteiger charge is 2.08. The first kappa shape index (κ1) is 11.5. The van der Waals surface area contributed by atoms with Gasteiger partial charge in [0.1, 0.15) is 5.82 Å². The van der Waals surface area contributed by atoms with E-state index in [0.717, 1.165) is 23.3 Å². The molecule has 0 saturated carbocycles. The lowest BCUT2D eigenvalue weighted by atomic mass is 10.1. The van der Waals surface area contributed by atoms with Crippen LogP contribution in [-0.4, -0.2) is 21.3 Å². The molecule has 3 nitrogen and oxygen atoms in total. The summed E-state index contributed by atoms with van der Waals surface area (Å²) in [5, 5.41) is 9.04. The van der Waals surface area contributed by atoms with Gasteiger partial charge in [-0.3, -0.25) is 0 Å². The van der Waals surface area contributed by atoms with Crippen molar-refractivity contribution in [3.63, 3.8) is 0 Å². The number of aromatic nitrogens is 2. The predicted octanol–water partition coefficient (Wildman–Crippen LogP) is 2.02. The van der Waals surface area contributed by atoms with E-state index in [1.807, 2.05) is 4.57 Å². The Hall–Kier alpha value is -1.00. The van der Waals surface area contributed by atoms with Crippen LogP contribution < -0.4 is 0 Å². The minimum absolute atomic E-state index is 0.127. The molecule has 0 aliphatic heterocycles. The van der Waals surface area contributed by atoms with Crippen molar-refractivity contribution in [2.24, 2.45) is 0 Å². The fourth-order valence-electron chi connectivity index (χ4n) is 1.92. The fourth-order valence-corrected chi connectivity index (χ4v) is 2.16. The SMILES string of the molecule is CCc1ccc2c(c1)nc(CS)n2CCO. The zero-order valence-corrected chi connectivity index (χ0v) is 10.2. The Morgan fingerprint density at radius 1 is 1.44 bits per heavy atom. The zero-order chi connectivity index (χ0) is 11.5. The van der Waals surface area contributed by atoms with E-state index in [-0.39, 0.29) is 6.61 Å². The quantitative estimate of drug-likeness (QED) is 0.797. The third-order valence-corrected chi connectivity index (χ3v) is 3.05. The van der Waals surface area contributed by atoms with Crippen molar-refractivity contribution in [1.82, 2.24) is 9.55 Å². The van der Waals surface area contributed by atoms with Crippen LogP contribution in [0.4, 0.5) is 0 Å². The van der Waals surface area contributed by atoms with Crippen molar-refractivity contribution in [2.45, 2.75) is 25.6 Å². The Balaban J connectivity index is 2.58. The maximum absolute atomic E-state index is 9.04. The molecule has 0 fully saturated rings. The Morgan fingerprint density at radius 2 is 2.25 bits per heavy atom. The van der Waals surface area contributed by atoms with E-state index in [4.69, 9.17) is 5.11 Å². The van der Waals surface area contributed by atoms with Crippen molar-refractivity contribution >= 4 is 23.7 Å². The number of thiol groups is 1. The molecule has 2 rings (SSSR count). The van der Waals surface area contributed by atoms with Crippen molar-refractivity contribution < 1.29 is 5.11 Å². The van der Waals surface area contributed by atoms with Crippen molar-refractivity contribution in [2.75, 3.05) is 6.61 Å². The van der Waals surface area contributed by atoms with Crippen molar-refractivity contribution in [3.8, 4) is 0 Å². The molecule has 2 aromatic rings. The first-order valence-corrected chi connectivity index (χ1v) is 6.13. The molecule has 1 heterocycles. The lowest BCUT2D eigenvalue weighted by Crippen LogP contribution is -2.05. The van der Waals surface area contributed by atoms with Gasteiger partial charge in [-0.2, -0.15) is 12.6 Å². The average Bonchev–Trinajstić information content (AvgIpc) is 2.67. The molecule has 4 heteroatoms. The molecule has 86 valence electrons. The van der Waals surface area contributed by atoms with Gasteiger partial charge in [-0.15, -0.1) is 0 Å². The minimum Gasteiger partial charge on any atom is -0.395 e. The number of imidazole rings is 1. The highest BCUT2D eigenvalue weighted by atomic mass is 32.1. The lowest BCUT2D eigenvalue weighted by Gasteiger charge is -2.05. The van der Waals surface area contributed by atoms with E-state index in [9.17, 15) is 0 Å². The molecule has 0 bridgehead atoms. The van der Waals surface area contributed by atoms with E-state index in [2.05, 4.69) is 42.7 Å². The highest BCUT2D eigenvalue weighted by Crippen LogP contribution is 2.19. The number of nitrogens with zero attached hydrogens (tertiary/aromatic N) is 2. The summed E-state index contributed by atoms with van der Waals surface area (Å²) >= 11 is 4.27. The fraction of sp³-hybridized carbons (Fsp3) is 0.417. The second-order valence-electron chi connectivity index (χ2n) is 3.74. The summed E-state index contributed by atoms with van der Waals surface area (Å²) < 4.78 is 2.03. The van der Waals surface area contributed by atoms with Crippen molar-refractivity contribution in [1.29, 1.82) is 0 Å². The van der Waals surface area contributed by atoms with Gasteiger partial charge in [-0.1, -0.05) is 13.0 Å². The Labute approximate surface area is 101 Å². The first-order chi connectivity index (χ1) is 7.80. The van der Waals surface area contributed by atoms with Gasteiger partial charge in [0.05, 0.1) is 17.6 Å². The molecule has 0 unspecified atom stereocenters. The van der Waals surface area contributed by atoms with Gasteiger partial charge in [0, 0.05) is 12.3 Å². The van der Waals surface area contributed by atoms with Gasteiger partial charge in [0.2, 0.25) is 0 Å². The average molecular weight is 236 g/mol. The molecule has 0 amide bonds. The highest BCUT2D eigenvalue weighted by molar-refractivity contribution is 7.79. The Morgan fingerprint density at radius 3 is 2.88 bits per heavy atom. The summed E-state index contributed by atoms with van der Waals surface area (Å²) in [5.74, 6) is 1.51. The van der Waals surface area contributed by atoms with Gasteiger partial charge >= 0.3 is 0 Å². The van der Waals surface area contributed by atoms with Gasteiger partial charge in [0.15, 0.2) is 0 Å². The number of fused-ring (bicyclic) bond motifs is 1. The number of aryl methyl sites for hydroxylation is 1. The second kappa shape index (κ2) is 4.89. The number of hydrogen-bond acceptors (Lipinski definition) is 3. The molecule has 1 aromatic heterocycles. The summed E-state index contributed by atoms with van der Waals surface area (Å²) in [7, 11) is 0. The van der Waals surface area contributed by atoms with E-state index in [1.54, 1.807) is 0 Å². The van der Waals surface area contributed by atoms with Crippen LogP contribution in [-0.2, 0) is 18.7 Å². The molecule has 0 radical (unpaired) electrons. The Bertz CT molecular complexity index is 493. The molecule has 0 aliphatic rings. The third-order valence-electron chi connectivity index (χ3n) is 2.76. The van der Waals surface area contributed by atoms with Crippen LogP contribution in [0.5, 0.6) is 0 Å². The van der Waals surface area contributed by atoms with Crippen LogP contribution in [0.25, 0.3) is 11.0 Å². The topological polar surface area (TPSA) is 38.0 Å². The van der Waals surface area contributed by atoms with Crippen LogP contribution in [0.15, 0.2) is 18.2 Å². The molecular formula is C12H16N2OS. The van der Waals surface area contributed by atoms with Crippen LogP contribution in [0, 0.1) is 0 Å². The predicted molar refractivity (Wildman–Crippen MR) is 68.9 cm³/mol. The molecule has 1 aromatic carbocycles. The van der Waals surface area contributed by atoms with E-state index in [0.29, 0.717) is 12.3 Å². The summed E-state index contributed by atoms with van der Waals surface area (Å²) in [6, 6.07) is 6.29. The first-order valence-electron chi connectivity index (χ1n) is 5.50. The number of aliphatic hydroxyl groups is 1. The summed E-state index contributed by atoms with van der Waals surface area (Å²) in [6.07, 6.45) is 1.01. The van der Waals surface area contributed by atoms with Gasteiger partial charge in [-0.05, 0) is 24.1 Å². The largest absolute Gasteiger partial charge is 0.395 e. The Kier molecular flexibility index (Phi) is 3.51. The standard InChI is InChI=1S/C12H16N2OS/c1-2-9-3-4-11-10(7-9)13-12(8-16)14(11)5-6-15/h3-4,7,15-16H,2,5-6,8H2,1H3. The molecule has 1 N–H and O–H groups in total. The molecule has 16 heavy (non-hydrogen) atoms. The lowest BCUT2D eigenvalue weighted by molar-refractivity contribution is 0.276. The normalized spacial score (nSPS) is 11.2. The summed E-state index contributed by atoms with van der Waals surface area (Å²) in [4.78, 5) is 4.53. The summed E-state index contributed by atoms with van der Waals surface area (Å²) in [6.45, 7) is 2.84. The van der Waals surface area contributed by atoms with E-state index in [1.165, 1.54) is 5.56 Å². The van der Waals surface area contributed by atoms with Crippen molar-refractivity contribution in [3.05, 3.63) is 29.6 Å². The van der Waals surface area contributed by atoms with Crippen LogP contribution in [0.1, 0.15) is 18.3 Å². The molecule has 0 atom stereocenters. The van der Waals surface area contributed by atoms with E-state index >= 15 is 0 Å². The van der Waals surface area contributed by atoms with E-state index < -0.39 is 0 Å². The van der Waals surface area contributed by atoms with Gasteiger partial charge < -0.3 is 9.67 Å². The summed E-state index contributed by atoms with van der Waals surface area (Å²) in [5.41, 5.74) is 3.36. The smallest absolute Gasteiger partial charge is 0.119 e. The second-order valence-corrected chi connectivity index (χ2v) is 4.05. The molecule has 0 saturated heterocycles. The number of rotatable bonds is 4. The van der Waals surface area contributed by atoms with Crippen LogP contribution >= 0.6 is 12.6 Å². The maximum Gasteiger partial charge on any atom is 0.119 e. The zero-order valence-electron chi connectivity index (χ0n) is 9.35. The maximum atomic E-state index is 9.04. The number of hydrogen-bond donors (Lipinski definition) is 2. The third kappa shape index (κ3) is 1.95. The van der Waals surface area contributed by atoms with Crippen LogP contribution in [0.3, 0.4) is 0 Å². The molecular weight excluding hydrogens is 220 g/mol. The van der Waals surface area contributed by atoms with Gasteiger partial charge in [-0.25, -0.2) is 4.98 Å². The van der Waals surface area contributed by atoms with Gasteiger partial charge in [0.25, 0.3) is 0 Å². The number of benzene rings is 1. The minimum atomic E-state index is 0.127. The molecule has 0 aliphatic carbocycles. The van der Waals surface area contributed by atoms with Crippen LogP contribution in [0.2, 0.25) is 0 Å². The monoisotopic (exact) mass is 236 g/mol. The molecule has 0 spiro atoms. The number of aliphatic hydroxyl groups excluding tert-OH is 1.